The molecule has 2 atom stereocenters. The van der Waals surface area contributed by atoms with Crippen molar-refractivity contribution in [1.29, 1.82) is 0 Å². The zero-order valence-electron chi connectivity index (χ0n) is 9.49. The molecule has 4 heteroatoms. The van der Waals surface area contributed by atoms with Crippen LogP contribution in [-0.4, -0.2) is 12.1 Å². The summed E-state index contributed by atoms with van der Waals surface area (Å²) in [5.41, 5.74) is 6.02. The Bertz CT molecular complexity index is 334. The Hall–Kier alpha value is 0.1000. The highest BCUT2D eigenvalue weighted by Crippen LogP contribution is 2.34. The Morgan fingerprint density at radius 3 is 2.62 bits per heavy atom. The van der Waals surface area contributed by atoms with Gasteiger partial charge in [-0.3, -0.25) is 0 Å². The van der Waals surface area contributed by atoms with Crippen LogP contribution in [0, 0.1) is 0 Å². The van der Waals surface area contributed by atoms with Gasteiger partial charge < -0.3 is 10.5 Å². The Labute approximate surface area is 109 Å². The van der Waals surface area contributed by atoms with Gasteiger partial charge in [-0.1, -0.05) is 12.8 Å². The Balaban J connectivity index is 2.04. The van der Waals surface area contributed by atoms with Crippen molar-refractivity contribution in [3.8, 4) is 0 Å². The molecule has 1 aromatic heterocycles. The first kappa shape index (κ1) is 12.6. The standard InChI is InChI=1S/C12H18BrNOS/c1-8(14)12(10-6-7-11(13)16-10)15-9-4-2-3-5-9/h6-9,12H,2-5,14H2,1H3. The van der Waals surface area contributed by atoms with E-state index in [0.29, 0.717) is 6.10 Å². The van der Waals surface area contributed by atoms with Gasteiger partial charge in [0.15, 0.2) is 0 Å². The molecule has 0 saturated heterocycles. The van der Waals surface area contributed by atoms with E-state index >= 15 is 0 Å². The maximum atomic E-state index is 6.14. The summed E-state index contributed by atoms with van der Waals surface area (Å²) in [6, 6.07) is 4.22. The molecule has 0 radical (unpaired) electrons. The number of halogens is 1. The number of hydrogen-bond donors (Lipinski definition) is 1. The van der Waals surface area contributed by atoms with Crippen molar-refractivity contribution >= 4 is 27.3 Å². The second-order valence-corrected chi connectivity index (χ2v) is 6.96. The lowest BCUT2D eigenvalue weighted by Crippen LogP contribution is -2.29. The van der Waals surface area contributed by atoms with Crippen molar-refractivity contribution in [2.75, 3.05) is 0 Å². The molecular formula is C12H18BrNOS. The Morgan fingerprint density at radius 2 is 2.12 bits per heavy atom. The van der Waals surface area contributed by atoms with Crippen LogP contribution in [0.25, 0.3) is 0 Å². The molecule has 2 unspecified atom stereocenters. The molecule has 1 fully saturated rings. The lowest BCUT2D eigenvalue weighted by molar-refractivity contribution is -0.0182. The van der Waals surface area contributed by atoms with Gasteiger partial charge in [0.1, 0.15) is 6.10 Å². The molecule has 1 heterocycles. The highest BCUT2D eigenvalue weighted by Gasteiger charge is 2.25. The summed E-state index contributed by atoms with van der Waals surface area (Å²) in [5, 5.41) is 0. The van der Waals surface area contributed by atoms with E-state index in [9.17, 15) is 0 Å². The molecular weight excluding hydrogens is 286 g/mol. The lowest BCUT2D eigenvalue weighted by atomic mass is 10.1. The molecule has 2 nitrogen and oxygen atoms in total. The van der Waals surface area contributed by atoms with Crippen molar-refractivity contribution in [2.24, 2.45) is 5.73 Å². The normalized spacial score (nSPS) is 21.2. The van der Waals surface area contributed by atoms with Crippen LogP contribution in [0.15, 0.2) is 15.9 Å². The highest BCUT2D eigenvalue weighted by molar-refractivity contribution is 9.11. The maximum absolute atomic E-state index is 6.14. The van der Waals surface area contributed by atoms with E-state index < -0.39 is 0 Å². The molecule has 1 aliphatic carbocycles. The minimum absolute atomic E-state index is 0.0474. The summed E-state index contributed by atoms with van der Waals surface area (Å²) in [6.45, 7) is 2.02. The molecule has 16 heavy (non-hydrogen) atoms. The van der Waals surface area contributed by atoms with Crippen molar-refractivity contribution in [3.05, 3.63) is 20.8 Å². The van der Waals surface area contributed by atoms with Crippen LogP contribution < -0.4 is 5.73 Å². The fourth-order valence-corrected chi connectivity index (χ4v) is 3.74. The number of ether oxygens (including phenoxy) is 1. The average molecular weight is 304 g/mol. The van der Waals surface area contributed by atoms with Gasteiger partial charge in [-0.05, 0) is 47.8 Å². The summed E-state index contributed by atoms with van der Waals surface area (Å²) in [4.78, 5) is 1.23. The first-order chi connectivity index (χ1) is 7.66. The van der Waals surface area contributed by atoms with E-state index in [1.807, 2.05) is 6.92 Å². The Kier molecular flexibility index (Phi) is 4.41. The first-order valence-electron chi connectivity index (χ1n) is 5.83. The summed E-state index contributed by atoms with van der Waals surface area (Å²) >= 11 is 5.20. The van der Waals surface area contributed by atoms with Gasteiger partial charge in [0.25, 0.3) is 0 Å². The predicted molar refractivity (Wildman–Crippen MR) is 71.8 cm³/mol. The van der Waals surface area contributed by atoms with Crippen LogP contribution in [0.5, 0.6) is 0 Å². The summed E-state index contributed by atoms with van der Waals surface area (Å²) in [5.74, 6) is 0. The van der Waals surface area contributed by atoms with Gasteiger partial charge in [0, 0.05) is 10.9 Å². The van der Waals surface area contributed by atoms with Gasteiger partial charge in [0.2, 0.25) is 0 Å². The minimum atomic E-state index is 0.0474. The van der Waals surface area contributed by atoms with Crippen molar-refractivity contribution in [1.82, 2.24) is 0 Å². The lowest BCUT2D eigenvalue weighted by Gasteiger charge is -2.24. The molecule has 1 aliphatic rings. The van der Waals surface area contributed by atoms with E-state index in [-0.39, 0.29) is 12.1 Å². The third kappa shape index (κ3) is 3.06. The molecule has 0 aromatic carbocycles. The van der Waals surface area contributed by atoms with Gasteiger partial charge in [0.05, 0.1) is 9.89 Å². The number of nitrogens with two attached hydrogens (primary N) is 1. The molecule has 2 rings (SSSR count). The number of hydrogen-bond acceptors (Lipinski definition) is 3. The SMILES string of the molecule is CC(N)C(OC1CCCC1)c1ccc(Br)s1. The fourth-order valence-electron chi connectivity index (χ4n) is 2.16. The van der Waals surface area contributed by atoms with Crippen LogP contribution in [0.1, 0.15) is 43.6 Å². The molecule has 0 aliphatic heterocycles. The molecule has 0 spiro atoms. The van der Waals surface area contributed by atoms with Crippen LogP contribution in [0.4, 0.5) is 0 Å². The zero-order valence-corrected chi connectivity index (χ0v) is 11.9. The molecule has 0 amide bonds. The molecule has 1 saturated carbocycles. The predicted octanol–water partition coefficient (Wildman–Crippen LogP) is 3.86. The summed E-state index contributed by atoms with van der Waals surface area (Å²) in [6.07, 6.45) is 5.44. The molecule has 1 aromatic rings. The first-order valence-corrected chi connectivity index (χ1v) is 7.44. The van der Waals surface area contributed by atoms with Gasteiger partial charge >= 0.3 is 0 Å². The van der Waals surface area contributed by atoms with Crippen LogP contribution in [0.3, 0.4) is 0 Å². The van der Waals surface area contributed by atoms with Crippen LogP contribution in [0.2, 0.25) is 0 Å². The van der Waals surface area contributed by atoms with E-state index in [0.717, 1.165) is 3.79 Å². The van der Waals surface area contributed by atoms with Crippen molar-refractivity contribution in [2.45, 2.75) is 50.9 Å². The van der Waals surface area contributed by atoms with Gasteiger partial charge in [-0.2, -0.15) is 0 Å². The maximum Gasteiger partial charge on any atom is 0.107 e. The summed E-state index contributed by atoms with van der Waals surface area (Å²) < 4.78 is 7.28. The van der Waals surface area contributed by atoms with Gasteiger partial charge in [-0.15, -0.1) is 11.3 Å². The third-order valence-corrected chi connectivity index (χ3v) is 4.68. The Morgan fingerprint density at radius 1 is 1.44 bits per heavy atom. The summed E-state index contributed by atoms with van der Waals surface area (Å²) in [7, 11) is 0. The van der Waals surface area contributed by atoms with Gasteiger partial charge in [-0.25, -0.2) is 0 Å². The average Bonchev–Trinajstić information content (AvgIpc) is 2.84. The van der Waals surface area contributed by atoms with E-state index in [4.69, 9.17) is 10.5 Å². The van der Waals surface area contributed by atoms with Crippen molar-refractivity contribution < 1.29 is 4.74 Å². The second kappa shape index (κ2) is 5.63. The second-order valence-electron chi connectivity index (χ2n) is 4.46. The van der Waals surface area contributed by atoms with Crippen LogP contribution in [-0.2, 0) is 4.74 Å². The quantitative estimate of drug-likeness (QED) is 0.917. The van der Waals surface area contributed by atoms with E-state index in [1.54, 1.807) is 11.3 Å². The zero-order chi connectivity index (χ0) is 11.5. The fraction of sp³-hybridized carbons (Fsp3) is 0.667. The molecule has 2 N–H and O–H groups in total. The molecule has 90 valence electrons. The van der Waals surface area contributed by atoms with E-state index in [1.165, 1.54) is 30.6 Å². The highest BCUT2D eigenvalue weighted by atomic mass is 79.9. The molecule has 0 bridgehead atoms. The third-order valence-electron chi connectivity index (χ3n) is 2.99. The largest absolute Gasteiger partial charge is 0.368 e. The van der Waals surface area contributed by atoms with Crippen LogP contribution >= 0.6 is 27.3 Å². The van der Waals surface area contributed by atoms with Crippen molar-refractivity contribution in [3.63, 3.8) is 0 Å². The monoisotopic (exact) mass is 303 g/mol. The topological polar surface area (TPSA) is 35.2 Å². The number of thiophene rings is 1. The smallest absolute Gasteiger partial charge is 0.107 e. The van der Waals surface area contributed by atoms with E-state index in [2.05, 4.69) is 28.1 Å². The minimum Gasteiger partial charge on any atom is -0.368 e. The number of rotatable bonds is 4.